The van der Waals surface area contributed by atoms with E-state index in [1.807, 2.05) is 39.0 Å². The van der Waals surface area contributed by atoms with Crippen molar-refractivity contribution in [2.24, 2.45) is 5.92 Å². The van der Waals surface area contributed by atoms with Gasteiger partial charge in [0.15, 0.2) is 0 Å². The standard InChI is InChI=1S/C27H38N4O4/c1-18(2)28-27(34)29-22-11-12-24-23(13-22)26(33)31(20(4)17-32)14-19(3)25(35-24)16-30(5)15-21-9-7-6-8-10-21/h6-13,18-20,25,32H,14-17H2,1-5H3,(H2,28,29,34)/t19-,20+,25+/m1/s1. The van der Waals surface area contributed by atoms with Crippen molar-refractivity contribution < 1.29 is 19.4 Å². The molecule has 0 saturated heterocycles. The van der Waals surface area contributed by atoms with Crippen LogP contribution in [0.15, 0.2) is 48.5 Å². The van der Waals surface area contributed by atoms with Crippen molar-refractivity contribution >= 4 is 17.6 Å². The molecule has 3 amide bonds. The summed E-state index contributed by atoms with van der Waals surface area (Å²) in [6.45, 7) is 9.43. The number of carbonyl (C=O) groups is 2. The summed E-state index contributed by atoms with van der Waals surface area (Å²) in [5.41, 5.74) is 2.09. The Morgan fingerprint density at radius 1 is 1.20 bits per heavy atom. The van der Waals surface area contributed by atoms with Gasteiger partial charge in [-0.3, -0.25) is 9.69 Å². The predicted octanol–water partition coefficient (Wildman–Crippen LogP) is 3.57. The van der Waals surface area contributed by atoms with Crippen molar-refractivity contribution in [2.45, 2.75) is 52.4 Å². The zero-order valence-electron chi connectivity index (χ0n) is 21.3. The van der Waals surface area contributed by atoms with E-state index in [4.69, 9.17) is 4.74 Å². The SMILES string of the molecule is CC(C)NC(=O)Nc1ccc2c(c1)C(=O)N([C@@H](C)CO)C[C@@H](C)[C@H](CN(C)Cc1ccccc1)O2. The largest absolute Gasteiger partial charge is 0.488 e. The number of ether oxygens (including phenoxy) is 1. The summed E-state index contributed by atoms with van der Waals surface area (Å²) in [6, 6.07) is 14.7. The first-order valence-electron chi connectivity index (χ1n) is 12.2. The van der Waals surface area contributed by atoms with Crippen molar-refractivity contribution in [2.75, 3.05) is 32.1 Å². The Morgan fingerprint density at radius 2 is 1.91 bits per heavy atom. The highest BCUT2D eigenvalue weighted by molar-refractivity contribution is 5.99. The first-order chi connectivity index (χ1) is 16.7. The lowest BCUT2D eigenvalue weighted by atomic mass is 9.99. The minimum Gasteiger partial charge on any atom is -0.488 e. The van der Waals surface area contributed by atoms with Crippen LogP contribution in [0.25, 0.3) is 0 Å². The zero-order valence-corrected chi connectivity index (χ0v) is 21.3. The number of aliphatic hydroxyl groups excluding tert-OH is 1. The molecule has 1 heterocycles. The van der Waals surface area contributed by atoms with E-state index in [1.165, 1.54) is 5.56 Å². The summed E-state index contributed by atoms with van der Waals surface area (Å²) in [6.07, 6.45) is -0.174. The first kappa shape index (κ1) is 26.5. The predicted molar refractivity (Wildman–Crippen MR) is 138 cm³/mol. The summed E-state index contributed by atoms with van der Waals surface area (Å²) in [5.74, 6) is 0.288. The second kappa shape index (κ2) is 12.0. The molecule has 190 valence electrons. The van der Waals surface area contributed by atoms with Crippen molar-refractivity contribution in [3.05, 3.63) is 59.7 Å². The topological polar surface area (TPSA) is 94.1 Å². The first-order valence-corrected chi connectivity index (χ1v) is 12.2. The van der Waals surface area contributed by atoms with E-state index in [0.29, 0.717) is 30.1 Å². The van der Waals surface area contributed by atoms with Gasteiger partial charge in [-0.2, -0.15) is 0 Å². The van der Waals surface area contributed by atoms with Gasteiger partial charge in [0.1, 0.15) is 11.9 Å². The van der Waals surface area contributed by atoms with Crippen LogP contribution in [0.1, 0.15) is 43.6 Å². The van der Waals surface area contributed by atoms with Gasteiger partial charge in [0.25, 0.3) is 5.91 Å². The number of nitrogens with one attached hydrogen (secondary N) is 2. The zero-order chi connectivity index (χ0) is 25.5. The number of anilines is 1. The average molecular weight is 483 g/mol. The van der Waals surface area contributed by atoms with Gasteiger partial charge in [0.05, 0.1) is 18.2 Å². The number of fused-ring (bicyclic) bond motifs is 1. The lowest BCUT2D eigenvalue weighted by Gasteiger charge is -2.38. The third-order valence-corrected chi connectivity index (χ3v) is 6.13. The Hall–Kier alpha value is -3.10. The van der Waals surface area contributed by atoms with Crippen LogP contribution in [-0.4, -0.2) is 71.8 Å². The molecule has 2 aromatic carbocycles. The van der Waals surface area contributed by atoms with Gasteiger partial charge in [-0.25, -0.2) is 4.79 Å². The highest BCUT2D eigenvalue weighted by Gasteiger charge is 2.33. The van der Waals surface area contributed by atoms with Gasteiger partial charge in [-0.15, -0.1) is 0 Å². The van der Waals surface area contributed by atoms with Crippen molar-refractivity contribution in [3.8, 4) is 5.75 Å². The van der Waals surface area contributed by atoms with Crippen LogP contribution in [0.5, 0.6) is 5.75 Å². The lowest BCUT2D eigenvalue weighted by molar-refractivity contribution is 0.0341. The van der Waals surface area contributed by atoms with Gasteiger partial charge < -0.3 is 25.4 Å². The van der Waals surface area contributed by atoms with Crippen LogP contribution >= 0.6 is 0 Å². The summed E-state index contributed by atoms with van der Waals surface area (Å²) >= 11 is 0. The molecule has 0 aliphatic carbocycles. The van der Waals surface area contributed by atoms with Gasteiger partial charge in [-0.1, -0.05) is 37.3 Å². The molecule has 8 nitrogen and oxygen atoms in total. The number of hydrogen-bond acceptors (Lipinski definition) is 5. The summed E-state index contributed by atoms with van der Waals surface area (Å²) in [4.78, 5) is 29.6. The quantitative estimate of drug-likeness (QED) is 0.535. The fraction of sp³-hybridized carbons (Fsp3) is 0.481. The van der Waals surface area contributed by atoms with Gasteiger partial charge in [-0.05, 0) is 51.6 Å². The number of benzene rings is 2. The Kier molecular flexibility index (Phi) is 9.12. The number of nitrogens with zero attached hydrogens (tertiary/aromatic N) is 2. The minimum absolute atomic E-state index is 0.0136. The van der Waals surface area contributed by atoms with E-state index in [0.717, 1.165) is 6.54 Å². The van der Waals surface area contributed by atoms with Crippen molar-refractivity contribution in [1.82, 2.24) is 15.1 Å². The highest BCUT2D eigenvalue weighted by Crippen LogP contribution is 2.30. The molecule has 8 heteroatoms. The van der Waals surface area contributed by atoms with Crippen LogP contribution in [0.3, 0.4) is 0 Å². The second-order valence-electron chi connectivity index (χ2n) is 9.77. The third kappa shape index (κ3) is 7.19. The monoisotopic (exact) mass is 482 g/mol. The van der Waals surface area contributed by atoms with E-state index in [-0.39, 0.29) is 42.7 Å². The van der Waals surface area contributed by atoms with Gasteiger partial charge in [0, 0.05) is 37.3 Å². The fourth-order valence-electron chi connectivity index (χ4n) is 4.21. The van der Waals surface area contributed by atoms with Crippen LogP contribution in [0.4, 0.5) is 10.5 Å². The molecule has 0 aromatic heterocycles. The molecule has 3 N–H and O–H groups in total. The number of likely N-dealkylation sites (N-methyl/N-ethyl adjacent to an activating group) is 1. The number of amides is 3. The maximum absolute atomic E-state index is 13.5. The Morgan fingerprint density at radius 3 is 2.57 bits per heavy atom. The minimum atomic E-state index is -0.348. The molecule has 0 fully saturated rings. The molecule has 0 bridgehead atoms. The summed E-state index contributed by atoms with van der Waals surface area (Å²) < 4.78 is 6.43. The number of urea groups is 1. The van der Waals surface area contributed by atoms with Crippen molar-refractivity contribution in [1.29, 1.82) is 0 Å². The summed E-state index contributed by atoms with van der Waals surface area (Å²) in [7, 11) is 2.06. The molecule has 1 aliphatic heterocycles. The fourth-order valence-corrected chi connectivity index (χ4v) is 4.21. The van der Waals surface area contributed by atoms with Crippen LogP contribution in [-0.2, 0) is 6.54 Å². The van der Waals surface area contributed by atoms with E-state index in [2.05, 4.69) is 41.6 Å². The number of hydrogen-bond donors (Lipinski definition) is 3. The molecule has 0 saturated carbocycles. The van der Waals surface area contributed by atoms with Crippen molar-refractivity contribution in [3.63, 3.8) is 0 Å². The van der Waals surface area contributed by atoms with Crippen LogP contribution in [0, 0.1) is 5.92 Å². The van der Waals surface area contributed by atoms with Gasteiger partial charge >= 0.3 is 6.03 Å². The highest BCUT2D eigenvalue weighted by atomic mass is 16.5. The normalized spacial score (nSPS) is 19.0. The molecule has 1 aliphatic rings. The number of aliphatic hydroxyl groups is 1. The second-order valence-corrected chi connectivity index (χ2v) is 9.77. The van der Waals surface area contributed by atoms with E-state index < -0.39 is 0 Å². The van der Waals surface area contributed by atoms with E-state index in [9.17, 15) is 14.7 Å². The lowest BCUT2D eigenvalue weighted by Crippen LogP contribution is -2.49. The molecule has 3 atom stereocenters. The summed E-state index contributed by atoms with van der Waals surface area (Å²) in [5, 5.41) is 15.4. The van der Waals surface area contributed by atoms with E-state index >= 15 is 0 Å². The Labute approximate surface area is 208 Å². The maximum Gasteiger partial charge on any atom is 0.319 e. The number of carbonyl (C=O) groups excluding carboxylic acids is 2. The van der Waals surface area contributed by atoms with Gasteiger partial charge in [0.2, 0.25) is 0 Å². The smallest absolute Gasteiger partial charge is 0.319 e. The molecule has 35 heavy (non-hydrogen) atoms. The molecule has 0 unspecified atom stereocenters. The Balaban J connectivity index is 1.87. The molecule has 0 spiro atoms. The molecular weight excluding hydrogens is 444 g/mol. The average Bonchev–Trinajstić information content (AvgIpc) is 2.81. The molecule has 2 aromatic rings. The molecular formula is C27H38N4O4. The maximum atomic E-state index is 13.5. The Bertz CT molecular complexity index is 998. The van der Waals surface area contributed by atoms with E-state index in [1.54, 1.807) is 23.1 Å². The van der Waals surface area contributed by atoms with Crippen LogP contribution in [0.2, 0.25) is 0 Å². The molecule has 0 radical (unpaired) electrons. The molecule has 3 rings (SSSR count). The third-order valence-electron chi connectivity index (χ3n) is 6.13. The van der Waals surface area contributed by atoms with Crippen LogP contribution < -0.4 is 15.4 Å². The number of rotatable bonds is 8.